The second kappa shape index (κ2) is 6.48. The first kappa shape index (κ1) is 14.5. The number of ether oxygens (including phenoxy) is 2. The van der Waals surface area contributed by atoms with Gasteiger partial charge in [-0.1, -0.05) is 6.07 Å². The van der Waals surface area contributed by atoms with Gasteiger partial charge in [0.05, 0.1) is 25.5 Å². The van der Waals surface area contributed by atoms with Gasteiger partial charge in [-0.05, 0) is 23.8 Å². The highest BCUT2D eigenvalue weighted by molar-refractivity contribution is 5.63. The molecule has 1 heterocycles. The van der Waals surface area contributed by atoms with Gasteiger partial charge >= 0.3 is 0 Å². The molecule has 2 rings (SSSR count). The molecule has 0 atom stereocenters. The molecule has 0 saturated carbocycles. The quantitative estimate of drug-likeness (QED) is 0.874. The summed E-state index contributed by atoms with van der Waals surface area (Å²) in [7, 11) is 3.19. The van der Waals surface area contributed by atoms with Crippen molar-refractivity contribution < 1.29 is 9.47 Å². The van der Waals surface area contributed by atoms with Crippen LogP contribution in [0.4, 0.5) is 11.5 Å². The van der Waals surface area contributed by atoms with E-state index in [0.717, 1.165) is 5.56 Å². The van der Waals surface area contributed by atoms with Gasteiger partial charge in [-0.3, -0.25) is 0 Å². The zero-order valence-corrected chi connectivity index (χ0v) is 11.9. The average molecular weight is 284 g/mol. The van der Waals surface area contributed by atoms with Gasteiger partial charge in [0.25, 0.3) is 0 Å². The van der Waals surface area contributed by atoms with Gasteiger partial charge in [-0.2, -0.15) is 5.26 Å². The Hall–Kier alpha value is -2.94. The van der Waals surface area contributed by atoms with E-state index in [-0.39, 0.29) is 0 Å². The molecule has 0 aliphatic heterocycles. The first-order valence-electron chi connectivity index (χ1n) is 6.28. The second-order valence-corrected chi connectivity index (χ2v) is 4.32. The van der Waals surface area contributed by atoms with E-state index in [0.29, 0.717) is 35.1 Å². The normalized spacial score (nSPS) is 9.76. The number of hydrogen-bond acceptors (Lipinski definition) is 6. The van der Waals surface area contributed by atoms with E-state index >= 15 is 0 Å². The van der Waals surface area contributed by atoms with Gasteiger partial charge in [-0.25, -0.2) is 4.98 Å². The second-order valence-electron chi connectivity index (χ2n) is 4.32. The van der Waals surface area contributed by atoms with Crippen LogP contribution in [0.25, 0.3) is 0 Å². The number of nitriles is 1. The lowest BCUT2D eigenvalue weighted by atomic mass is 10.2. The predicted molar refractivity (Wildman–Crippen MR) is 80.2 cm³/mol. The number of pyridine rings is 1. The van der Waals surface area contributed by atoms with Crippen LogP contribution in [0, 0.1) is 11.3 Å². The van der Waals surface area contributed by atoms with Crippen molar-refractivity contribution in [3.63, 3.8) is 0 Å². The summed E-state index contributed by atoms with van der Waals surface area (Å²) in [5, 5.41) is 11.9. The zero-order chi connectivity index (χ0) is 15.2. The summed E-state index contributed by atoms with van der Waals surface area (Å²) in [5.41, 5.74) is 7.71. The maximum atomic E-state index is 8.78. The first-order chi connectivity index (χ1) is 10.2. The van der Waals surface area contributed by atoms with Crippen LogP contribution in [0.15, 0.2) is 30.5 Å². The average Bonchev–Trinajstić information content (AvgIpc) is 2.53. The summed E-state index contributed by atoms with van der Waals surface area (Å²) in [6.45, 7) is 0.531. The Kier molecular flexibility index (Phi) is 4.46. The van der Waals surface area contributed by atoms with E-state index in [1.807, 2.05) is 24.3 Å². The third-order valence-corrected chi connectivity index (χ3v) is 2.95. The molecule has 0 bridgehead atoms. The lowest BCUT2D eigenvalue weighted by Crippen LogP contribution is -2.05. The topological polar surface area (TPSA) is 93.2 Å². The SMILES string of the molecule is COc1ccc(CNc2ncc(C#N)cc2N)cc1OC. The molecule has 108 valence electrons. The fraction of sp³-hybridized carbons (Fsp3) is 0.200. The molecule has 0 amide bonds. The highest BCUT2D eigenvalue weighted by Crippen LogP contribution is 2.28. The van der Waals surface area contributed by atoms with Crippen molar-refractivity contribution in [2.75, 3.05) is 25.3 Å². The fourth-order valence-corrected chi connectivity index (χ4v) is 1.87. The maximum Gasteiger partial charge on any atom is 0.161 e. The van der Waals surface area contributed by atoms with Gasteiger partial charge in [0.1, 0.15) is 11.9 Å². The van der Waals surface area contributed by atoms with Crippen molar-refractivity contribution in [1.82, 2.24) is 4.98 Å². The van der Waals surface area contributed by atoms with Crippen molar-refractivity contribution in [2.45, 2.75) is 6.54 Å². The van der Waals surface area contributed by atoms with E-state index in [1.165, 1.54) is 6.20 Å². The number of rotatable bonds is 5. The Morgan fingerprint density at radius 2 is 2.00 bits per heavy atom. The molecule has 3 N–H and O–H groups in total. The number of nitrogens with two attached hydrogens (primary N) is 1. The smallest absolute Gasteiger partial charge is 0.161 e. The van der Waals surface area contributed by atoms with Crippen molar-refractivity contribution in [2.24, 2.45) is 0 Å². The minimum atomic E-state index is 0.434. The van der Waals surface area contributed by atoms with Crippen LogP contribution in [0.3, 0.4) is 0 Å². The zero-order valence-electron chi connectivity index (χ0n) is 11.9. The molecule has 0 aliphatic rings. The molecular formula is C15H16N4O2. The Morgan fingerprint density at radius 3 is 2.62 bits per heavy atom. The number of benzene rings is 1. The molecule has 0 spiro atoms. The van der Waals surface area contributed by atoms with E-state index in [1.54, 1.807) is 20.3 Å². The Morgan fingerprint density at radius 1 is 1.24 bits per heavy atom. The van der Waals surface area contributed by atoms with Gasteiger partial charge < -0.3 is 20.5 Å². The molecule has 21 heavy (non-hydrogen) atoms. The largest absolute Gasteiger partial charge is 0.493 e. The van der Waals surface area contributed by atoms with Crippen LogP contribution < -0.4 is 20.5 Å². The molecule has 0 saturated heterocycles. The minimum Gasteiger partial charge on any atom is -0.493 e. The first-order valence-corrected chi connectivity index (χ1v) is 6.28. The lowest BCUT2D eigenvalue weighted by molar-refractivity contribution is 0.354. The molecule has 0 fully saturated rings. The Labute approximate surface area is 123 Å². The summed E-state index contributed by atoms with van der Waals surface area (Å²) in [4.78, 5) is 4.13. The molecule has 1 aromatic heterocycles. The number of nitrogen functional groups attached to an aromatic ring is 1. The van der Waals surface area contributed by atoms with Crippen molar-refractivity contribution in [3.05, 3.63) is 41.6 Å². The number of nitrogens with one attached hydrogen (secondary N) is 1. The summed E-state index contributed by atoms with van der Waals surface area (Å²) < 4.78 is 10.4. The molecule has 2 aromatic rings. The fourth-order valence-electron chi connectivity index (χ4n) is 1.87. The molecule has 0 radical (unpaired) electrons. The number of nitrogens with zero attached hydrogens (tertiary/aromatic N) is 2. The van der Waals surface area contributed by atoms with Crippen LogP contribution in [0.2, 0.25) is 0 Å². The van der Waals surface area contributed by atoms with Crippen LogP contribution in [-0.2, 0) is 6.54 Å². The number of hydrogen-bond donors (Lipinski definition) is 2. The van der Waals surface area contributed by atoms with E-state index in [4.69, 9.17) is 20.5 Å². The highest BCUT2D eigenvalue weighted by Gasteiger charge is 2.06. The minimum absolute atomic E-state index is 0.434. The van der Waals surface area contributed by atoms with Crippen molar-refractivity contribution >= 4 is 11.5 Å². The third kappa shape index (κ3) is 3.34. The third-order valence-electron chi connectivity index (χ3n) is 2.95. The number of aromatic nitrogens is 1. The number of anilines is 2. The Balaban J connectivity index is 2.11. The van der Waals surface area contributed by atoms with Crippen LogP contribution in [0.5, 0.6) is 11.5 Å². The summed E-state index contributed by atoms with van der Waals surface area (Å²) in [6, 6.07) is 9.23. The van der Waals surface area contributed by atoms with Crippen molar-refractivity contribution in [1.29, 1.82) is 5.26 Å². The van der Waals surface area contributed by atoms with Gasteiger partial charge in [0, 0.05) is 12.7 Å². The van der Waals surface area contributed by atoms with Crippen molar-refractivity contribution in [3.8, 4) is 17.6 Å². The monoisotopic (exact) mass is 284 g/mol. The maximum absolute atomic E-state index is 8.78. The molecule has 6 heteroatoms. The van der Waals surface area contributed by atoms with E-state index in [9.17, 15) is 0 Å². The Bertz CT molecular complexity index is 680. The van der Waals surface area contributed by atoms with E-state index < -0.39 is 0 Å². The van der Waals surface area contributed by atoms with Gasteiger partial charge in [0.2, 0.25) is 0 Å². The van der Waals surface area contributed by atoms with Crippen LogP contribution >= 0.6 is 0 Å². The molecule has 0 aliphatic carbocycles. The van der Waals surface area contributed by atoms with Gasteiger partial charge in [-0.15, -0.1) is 0 Å². The molecule has 0 unspecified atom stereocenters. The van der Waals surface area contributed by atoms with Crippen LogP contribution in [0.1, 0.15) is 11.1 Å². The standard InChI is InChI=1S/C15H16N4O2/c1-20-13-4-3-10(6-14(13)21-2)8-18-15-12(17)5-11(7-16)9-19-15/h3-6,9H,8,17H2,1-2H3,(H,18,19). The van der Waals surface area contributed by atoms with Gasteiger partial charge in [0.15, 0.2) is 11.5 Å². The van der Waals surface area contributed by atoms with Crippen LogP contribution in [-0.4, -0.2) is 19.2 Å². The molecular weight excluding hydrogens is 268 g/mol. The summed E-state index contributed by atoms with van der Waals surface area (Å²) >= 11 is 0. The summed E-state index contributed by atoms with van der Waals surface area (Å²) in [5.74, 6) is 1.89. The lowest BCUT2D eigenvalue weighted by Gasteiger charge is -2.11. The summed E-state index contributed by atoms with van der Waals surface area (Å²) in [6.07, 6.45) is 1.48. The highest BCUT2D eigenvalue weighted by atomic mass is 16.5. The molecule has 6 nitrogen and oxygen atoms in total. The molecule has 1 aromatic carbocycles. The number of methoxy groups -OCH3 is 2. The van der Waals surface area contributed by atoms with E-state index in [2.05, 4.69) is 10.3 Å². The predicted octanol–water partition coefficient (Wildman–Crippen LogP) is 2.16.